The molecular formula is C14H18. The van der Waals surface area contributed by atoms with E-state index in [2.05, 4.69) is 51.2 Å². The first-order valence-electron chi connectivity index (χ1n) is 5.43. The molecule has 0 radical (unpaired) electrons. The van der Waals surface area contributed by atoms with Crippen LogP contribution in [-0.4, -0.2) is 0 Å². The van der Waals surface area contributed by atoms with Crippen LogP contribution < -0.4 is 0 Å². The molecule has 0 amide bonds. The van der Waals surface area contributed by atoms with Crippen molar-refractivity contribution in [2.45, 2.75) is 33.6 Å². The Kier molecular flexibility index (Phi) is 2.22. The molecule has 2 aliphatic carbocycles. The predicted molar refractivity (Wildman–Crippen MR) is 62.1 cm³/mol. The molecule has 2 rings (SSSR count). The summed E-state index contributed by atoms with van der Waals surface area (Å²) in [4.78, 5) is 0. The lowest BCUT2D eigenvalue weighted by Crippen LogP contribution is -2.10. The van der Waals surface area contributed by atoms with E-state index in [1.807, 2.05) is 0 Å². The van der Waals surface area contributed by atoms with Gasteiger partial charge in [-0.1, -0.05) is 48.5 Å². The summed E-state index contributed by atoms with van der Waals surface area (Å²) in [6.45, 7) is 6.73. The minimum absolute atomic E-state index is 0.169. The van der Waals surface area contributed by atoms with Crippen LogP contribution in [0.25, 0.3) is 0 Å². The van der Waals surface area contributed by atoms with Crippen LogP contribution in [0.2, 0.25) is 0 Å². The molecule has 14 heavy (non-hydrogen) atoms. The molecule has 0 aromatic rings. The van der Waals surface area contributed by atoms with Crippen molar-refractivity contribution < 1.29 is 0 Å². The normalized spacial score (nSPS) is 30.4. The lowest BCUT2D eigenvalue weighted by molar-refractivity contribution is 0.679. The maximum absolute atomic E-state index is 2.37. The standard InChI is InChI=1S/C14H18/c1-4-12-6-5-7-13(12)14(3)9-8-11(2)10-14/h5,7-10H,4,6H2,1-3H3. The molecular weight excluding hydrogens is 168 g/mol. The summed E-state index contributed by atoms with van der Waals surface area (Å²) in [5.74, 6) is 0. The maximum atomic E-state index is 2.37. The van der Waals surface area contributed by atoms with Gasteiger partial charge in [-0.2, -0.15) is 0 Å². The van der Waals surface area contributed by atoms with Crippen molar-refractivity contribution in [1.29, 1.82) is 0 Å². The Morgan fingerprint density at radius 2 is 2.14 bits per heavy atom. The molecule has 2 aliphatic rings. The number of allylic oxidation sites excluding steroid dienone is 8. The van der Waals surface area contributed by atoms with Gasteiger partial charge in [0.25, 0.3) is 0 Å². The Balaban J connectivity index is 2.40. The van der Waals surface area contributed by atoms with Crippen molar-refractivity contribution in [3.05, 3.63) is 47.1 Å². The summed E-state index contributed by atoms with van der Waals surface area (Å²) >= 11 is 0. The van der Waals surface area contributed by atoms with Gasteiger partial charge in [0.15, 0.2) is 0 Å². The number of hydrogen-bond donors (Lipinski definition) is 0. The second-order valence-corrected chi connectivity index (χ2v) is 4.48. The van der Waals surface area contributed by atoms with E-state index in [9.17, 15) is 0 Å². The fourth-order valence-corrected chi connectivity index (χ4v) is 2.48. The van der Waals surface area contributed by atoms with E-state index >= 15 is 0 Å². The summed E-state index contributed by atoms with van der Waals surface area (Å²) in [5.41, 5.74) is 4.68. The van der Waals surface area contributed by atoms with Crippen molar-refractivity contribution in [2.75, 3.05) is 0 Å². The van der Waals surface area contributed by atoms with Gasteiger partial charge in [0.2, 0.25) is 0 Å². The second-order valence-electron chi connectivity index (χ2n) is 4.48. The zero-order chi connectivity index (χ0) is 10.2. The second kappa shape index (κ2) is 3.27. The largest absolute Gasteiger partial charge is 0.0801 e. The Hall–Kier alpha value is -1.04. The first-order valence-corrected chi connectivity index (χ1v) is 5.43. The van der Waals surface area contributed by atoms with Crippen LogP contribution in [0.4, 0.5) is 0 Å². The molecule has 74 valence electrons. The van der Waals surface area contributed by atoms with Crippen molar-refractivity contribution >= 4 is 0 Å². The van der Waals surface area contributed by atoms with Gasteiger partial charge in [-0.25, -0.2) is 0 Å². The lowest BCUT2D eigenvalue weighted by Gasteiger charge is -2.22. The van der Waals surface area contributed by atoms with Gasteiger partial charge < -0.3 is 0 Å². The molecule has 0 heterocycles. The Morgan fingerprint density at radius 3 is 2.71 bits per heavy atom. The molecule has 0 N–H and O–H groups in total. The molecule has 0 saturated heterocycles. The van der Waals surface area contributed by atoms with Crippen LogP contribution in [0.15, 0.2) is 47.1 Å². The van der Waals surface area contributed by atoms with Crippen LogP contribution in [-0.2, 0) is 0 Å². The van der Waals surface area contributed by atoms with E-state index < -0.39 is 0 Å². The summed E-state index contributed by atoms with van der Waals surface area (Å²) in [6.07, 6.45) is 13.8. The van der Waals surface area contributed by atoms with Crippen molar-refractivity contribution in [3.63, 3.8) is 0 Å². The van der Waals surface area contributed by atoms with E-state index in [-0.39, 0.29) is 5.41 Å². The van der Waals surface area contributed by atoms with Crippen molar-refractivity contribution in [1.82, 2.24) is 0 Å². The highest BCUT2D eigenvalue weighted by atomic mass is 14.3. The van der Waals surface area contributed by atoms with E-state index in [0.717, 1.165) is 6.42 Å². The van der Waals surface area contributed by atoms with Crippen molar-refractivity contribution in [2.24, 2.45) is 5.41 Å². The third-order valence-electron chi connectivity index (χ3n) is 3.26. The summed E-state index contributed by atoms with van der Waals surface area (Å²) in [5, 5.41) is 0. The van der Waals surface area contributed by atoms with Gasteiger partial charge in [-0.3, -0.25) is 0 Å². The first kappa shape index (κ1) is 9.51. The van der Waals surface area contributed by atoms with Crippen LogP contribution >= 0.6 is 0 Å². The zero-order valence-corrected chi connectivity index (χ0v) is 9.30. The molecule has 0 fully saturated rings. The van der Waals surface area contributed by atoms with Gasteiger partial charge in [0.05, 0.1) is 0 Å². The predicted octanol–water partition coefficient (Wildman–Crippen LogP) is 4.18. The van der Waals surface area contributed by atoms with Crippen LogP contribution in [0.5, 0.6) is 0 Å². The summed E-state index contributed by atoms with van der Waals surface area (Å²) < 4.78 is 0. The highest BCUT2D eigenvalue weighted by molar-refractivity contribution is 5.49. The summed E-state index contributed by atoms with van der Waals surface area (Å²) in [6, 6.07) is 0. The number of rotatable bonds is 2. The molecule has 0 spiro atoms. The van der Waals surface area contributed by atoms with Crippen LogP contribution in [0.1, 0.15) is 33.6 Å². The van der Waals surface area contributed by atoms with Gasteiger partial charge >= 0.3 is 0 Å². The molecule has 0 aromatic heterocycles. The highest BCUT2D eigenvalue weighted by Gasteiger charge is 2.28. The number of hydrogen-bond acceptors (Lipinski definition) is 0. The molecule has 0 aliphatic heterocycles. The van der Waals surface area contributed by atoms with Gasteiger partial charge in [-0.15, -0.1) is 0 Å². The maximum Gasteiger partial charge on any atom is 0.0292 e. The SMILES string of the molecule is CCC1=C(C2(C)C=CC(C)=C2)C=CC1. The minimum Gasteiger partial charge on any atom is -0.0801 e. The third-order valence-corrected chi connectivity index (χ3v) is 3.26. The third kappa shape index (κ3) is 1.39. The quantitative estimate of drug-likeness (QED) is 0.607. The summed E-state index contributed by atoms with van der Waals surface area (Å²) in [7, 11) is 0. The first-order chi connectivity index (χ1) is 6.65. The fraction of sp³-hybridized carbons (Fsp3) is 0.429. The minimum atomic E-state index is 0.169. The average Bonchev–Trinajstić information content (AvgIpc) is 2.73. The van der Waals surface area contributed by atoms with Crippen LogP contribution in [0, 0.1) is 5.41 Å². The molecule has 0 aromatic carbocycles. The van der Waals surface area contributed by atoms with E-state index in [0.29, 0.717) is 0 Å². The van der Waals surface area contributed by atoms with Crippen molar-refractivity contribution in [3.8, 4) is 0 Å². The molecule has 0 nitrogen and oxygen atoms in total. The smallest absolute Gasteiger partial charge is 0.0292 e. The monoisotopic (exact) mass is 186 g/mol. The molecule has 1 atom stereocenters. The Bertz CT molecular complexity index is 363. The van der Waals surface area contributed by atoms with Gasteiger partial charge in [0, 0.05) is 5.41 Å². The van der Waals surface area contributed by atoms with E-state index in [1.165, 1.54) is 17.6 Å². The molecule has 0 bridgehead atoms. The fourth-order valence-electron chi connectivity index (χ4n) is 2.48. The van der Waals surface area contributed by atoms with Crippen LogP contribution in [0.3, 0.4) is 0 Å². The average molecular weight is 186 g/mol. The zero-order valence-electron chi connectivity index (χ0n) is 9.30. The Morgan fingerprint density at radius 1 is 1.36 bits per heavy atom. The van der Waals surface area contributed by atoms with Gasteiger partial charge in [0.1, 0.15) is 0 Å². The van der Waals surface area contributed by atoms with Gasteiger partial charge in [-0.05, 0) is 32.3 Å². The van der Waals surface area contributed by atoms with E-state index in [4.69, 9.17) is 0 Å². The highest BCUT2D eigenvalue weighted by Crippen LogP contribution is 2.42. The molecule has 0 saturated carbocycles. The van der Waals surface area contributed by atoms with E-state index in [1.54, 1.807) is 5.57 Å². The lowest BCUT2D eigenvalue weighted by atomic mass is 9.81. The topological polar surface area (TPSA) is 0 Å². The Labute approximate surface area is 86.7 Å². The molecule has 1 unspecified atom stereocenters. The molecule has 0 heteroatoms.